The predicted octanol–water partition coefficient (Wildman–Crippen LogP) is 2.36. The molecule has 0 spiro atoms. The summed E-state index contributed by atoms with van der Waals surface area (Å²) in [5.41, 5.74) is -0.619. The Morgan fingerprint density at radius 3 is 2.78 bits per heavy atom. The van der Waals surface area contributed by atoms with E-state index in [-0.39, 0.29) is 12.4 Å². The van der Waals surface area contributed by atoms with Gasteiger partial charge in [0.05, 0.1) is 18.5 Å². The Morgan fingerprint density at radius 2 is 2.17 bits per heavy atom. The second-order valence-corrected chi connectivity index (χ2v) is 4.97. The van der Waals surface area contributed by atoms with E-state index in [4.69, 9.17) is 4.42 Å². The fourth-order valence-corrected chi connectivity index (χ4v) is 2.24. The molecule has 0 aliphatic heterocycles. The Hall–Kier alpha value is -2.55. The molecule has 1 unspecified atom stereocenters. The van der Waals surface area contributed by atoms with Crippen molar-refractivity contribution in [1.82, 2.24) is 19.3 Å². The number of aryl methyl sites for hydroxylation is 1. The van der Waals surface area contributed by atoms with Gasteiger partial charge in [0.15, 0.2) is 11.8 Å². The van der Waals surface area contributed by atoms with Gasteiger partial charge in [-0.3, -0.25) is 4.68 Å². The number of hydrogen-bond acceptors (Lipinski definition) is 4. The largest absolute Gasteiger partial charge is 0.466 e. The molecule has 0 fully saturated rings. The average molecular weight is 326 g/mol. The van der Waals surface area contributed by atoms with Gasteiger partial charge >= 0.3 is 6.18 Å². The van der Waals surface area contributed by atoms with Crippen LogP contribution in [0.2, 0.25) is 0 Å². The van der Waals surface area contributed by atoms with Gasteiger partial charge in [-0.05, 0) is 18.2 Å². The maximum absolute atomic E-state index is 12.7. The lowest BCUT2D eigenvalue weighted by Gasteiger charge is -2.11. The van der Waals surface area contributed by atoms with E-state index >= 15 is 0 Å². The molecule has 3 aromatic heterocycles. The lowest BCUT2D eigenvalue weighted by atomic mass is 10.2. The molecule has 122 valence electrons. The third kappa shape index (κ3) is 3.00. The number of aliphatic hydroxyl groups is 1. The van der Waals surface area contributed by atoms with Gasteiger partial charge < -0.3 is 14.1 Å². The number of hydrogen-bond donors (Lipinski definition) is 1. The quantitative estimate of drug-likeness (QED) is 0.799. The van der Waals surface area contributed by atoms with E-state index < -0.39 is 18.0 Å². The molecule has 0 aliphatic carbocycles. The van der Waals surface area contributed by atoms with Crippen LogP contribution in [0.4, 0.5) is 13.2 Å². The first-order chi connectivity index (χ1) is 10.9. The summed E-state index contributed by atoms with van der Waals surface area (Å²) in [6.07, 6.45) is -1.15. The highest BCUT2D eigenvalue weighted by Gasteiger charge is 2.34. The zero-order valence-corrected chi connectivity index (χ0v) is 12.0. The molecule has 0 saturated heterocycles. The second-order valence-electron chi connectivity index (χ2n) is 4.97. The molecule has 6 nitrogen and oxygen atoms in total. The van der Waals surface area contributed by atoms with Crippen LogP contribution in [0.25, 0.3) is 0 Å². The number of alkyl halides is 3. The van der Waals surface area contributed by atoms with Crippen LogP contribution in [-0.2, 0) is 19.8 Å². The summed E-state index contributed by atoms with van der Waals surface area (Å²) in [5.74, 6) is 0.577. The van der Waals surface area contributed by atoms with E-state index in [1.165, 1.54) is 19.5 Å². The van der Waals surface area contributed by atoms with Gasteiger partial charge in [0.25, 0.3) is 0 Å². The first-order valence-electron chi connectivity index (χ1n) is 6.69. The van der Waals surface area contributed by atoms with Crippen molar-refractivity contribution in [2.75, 3.05) is 0 Å². The first kappa shape index (κ1) is 15.3. The van der Waals surface area contributed by atoms with Crippen LogP contribution in [0.15, 0.2) is 41.3 Å². The lowest BCUT2D eigenvalue weighted by Crippen LogP contribution is -2.12. The van der Waals surface area contributed by atoms with Gasteiger partial charge in [0.1, 0.15) is 11.6 Å². The maximum atomic E-state index is 12.7. The summed E-state index contributed by atoms with van der Waals surface area (Å²) in [6.45, 7) is 0.0900. The molecular weight excluding hydrogens is 313 g/mol. The number of aliphatic hydroxyl groups excluding tert-OH is 1. The summed E-state index contributed by atoms with van der Waals surface area (Å²) in [4.78, 5) is 4.05. The summed E-state index contributed by atoms with van der Waals surface area (Å²) >= 11 is 0. The van der Waals surface area contributed by atoms with Gasteiger partial charge in [0.2, 0.25) is 0 Å². The number of nitrogens with zero attached hydrogens (tertiary/aromatic N) is 4. The van der Waals surface area contributed by atoms with E-state index in [0.717, 1.165) is 10.7 Å². The van der Waals surface area contributed by atoms with Crippen molar-refractivity contribution >= 4 is 0 Å². The number of halogens is 3. The number of rotatable bonds is 4. The minimum atomic E-state index is -4.50. The Labute approximate surface area is 128 Å². The van der Waals surface area contributed by atoms with E-state index in [1.54, 1.807) is 22.9 Å². The van der Waals surface area contributed by atoms with Crippen LogP contribution >= 0.6 is 0 Å². The van der Waals surface area contributed by atoms with E-state index in [2.05, 4.69) is 10.1 Å². The topological polar surface area (TPSA) is 69.0 Å². The SMILES string of the molecule is Cn1nc(C(F)(F)F)cc1Cn1ccnc1C(O)c1ccco1. The highest BCUT2D eigenvalue weighted by molar-refractivity contribution is 5.17. The predicted molar refractivity (Wildman–Crippen MR) is 72.3 cm³/mol. The molecular formula is C14H13F3N4O2. The lowest BCUT2D eigenvalue weighted by molar-refractivity contribution is -0.141. The molecule has 1 N–H and O–H groups in total. The summed E-state index contributed by atoms with van der Waals surface area (Å²) < 4.78 is 45.9. The van der Waals surface area contributed by atoms with Gasteiger partial charge in [-0.15, -0.1) is 0 Å². The molecule has 1 atom stereocenters. The van der Waals surface area contributed by atoms with Crippen LogP contribution in [0.5, 0.6) is 0 Å². The van der Waals surface area contributed by atoms with Crippen LogP contribution < -0.4 is 0 Å². The first-order valence-corrected chi connectivity index (χ1v) is 6.69. The number of furan rings is 1. The fraction of sp³-hybridized carbons (Fsp3) is 0.286. The summed E-state index contributed by atoms with van der Waals surface area (Å²) in [7, 11) is 1.43. The van der Waals surface area contributed by atoms with Crippen molar-refractivity contribution in [2.45, 2.75) is 18.8 Å². The molecule has 9 heteroatoms. The normalized spacial score (nSPS) is 13.4. The average Bonchev–Trinajstić information content (AvgIpc) is 3.19. The van der Waals surface area contributed by atoms with Gasteiger partial charge in [-0.25, -0.2) is 4.98 Å². The Bertz CT molecular complexity index is 789. The molecule has 0 aliphatic rings. The molecule has 23 heavy (non-hydrogen) atoms. The van der Waals surface area contributed by atoms with E-state index in [1.807, 2.05) is 0 Å². The molecule has 0 saturated carbocycles. The van der Waals surface area contributed by atoms with Crippen molar-refractivity contribution in [2.24, 2.45) is 7.05 Å². The highest BCUT2D eigenvalue weighted by atomic mass is 19.4. The summed E-state index contributed by atoms with van der Waals surface area (Å²) in [6, 6.07) is 4.20. The monoisotopic (exact) mass is 326 g/mol. The fourth-order valence-electron chi connectivity index (χ4n) is 2.24. The van der Waals surface area contributed by atoms with Gasteiger partial charge in [-0.1, -0.05) is 0 Å². The van der Waals surface area contributed by atoms with Crippen molar-refractivity contribution < 1.29 is 22.7 Å². The maximum Gasteiger partial charge on any atom is 0.435 e. The smallest absolute Gasteiger partial charge is 0.435 e. The van der Waals surface area contributed by atoms with Crippen LogP contribution in [0.3, 0.4) is 0 Å². The number of imidazole rings is 1. The molecule has 3 aromatic rings. The van der Waals surface area contributed by atoms with Gasteiger partial charge in [0, 0.05) is 19.4 Å². The zero-order chi connectivity index (χ0) is 16.6. The Morgan fingerprint density at radius 1 is 1.39 bits per heavy atom. The third-order valence-corrected chi connectivity index (χ3v) is 3.40. The molecule has 0 amide bonds. The zero-order valence-electron chi connectivity index (χ0n) is 12.0. The van der Waals surface area contributed by atoms with Gasteiger partial charge in [-0.2, -0.15) is 18.3 Å². The van der Waals surface area contributed by atoms with Crippen molar-refractivity contribution in [3.05, 3.63) is 59.8 Å². The molecule has 3 rings (SSSR count). The van der Waals surface area contributed by atoms with Crippen LogP contribution in [0, 0.1) is 0 Å². The van der Waals surface area contributed by atoms with Crippen molar-refractivity contribution in [3.8, 4) is 0 Å². The van der Waals surface area contributed by atoms with Crippen molar-refractivity contribution in [1.29, 1.82) is 0 Å². The standard InChI is InChI=1S/C14H13F3N4O2/c1-20-9(7-11(19-20)14(15,16)17)8-21-5-4-18-13(21)12(22)10-3-2-6-23-10/h2-7,12,22H,8H2,1H3. The minimum Gasteiger partial charge on any atom is -0.466 e. The van der Waals surface area contributed by atoms with E-state index in [0.29, 0.717) is 11.5 Å². The third-order valence-electron chi connectivity index (χ3n) is 3.40. The Balaban J connectivity index is 1.88. The van der Waals surface area contributed by atoms with Crippen molar-refractivity contribution in [3.63, 3.8) is 0 Å². The minimum absolute atomic E-state index is 0.0900. The second kappa shape index (κ2) is 5.58. The van der Waals surface area contributed by atoms with Crippen LogP contribution in [0.1, 0.15) is 29.1 Å². The molecule has 0 bridgehead atoms. The highest BCUT2D eigenvalue weighted by Crippen LogP contribution is 2.29. The summed E-state index contributed by atoms with van der Waals surface area (Å²) in [5, 5.41) is 13.7. The number of aromatic nitrogens is 4. The van der Waals surface area contributed by atoms with Crippen LogP contribution in [-0.4, -0.2) is 24.4 Å². The molecule has 0 radical (unpaired) electrons. The van der Waals surface area contributed by atoms with E-state index in [9.17, 15) is 18.3 Å². The molecule has 0 aromatic carbocycles. The molecule has 3 heterocycles. The Kier molecular flexibility index (Phi) is 3.72.